The number of nitrogens with zero attached hydrogens (tertiary/aromatic N) is 2. The number of ketones is 1. The van der Waals surface area contributed by atoms with Crippen molar-refractivity contribution in [1.82, 2.24) is 9.97 Å². The van der Waals surface area contributed by atoms with Gasteiger partial charge in [-0.2, -0.15) is 0 Å². The molecule has 0 atom stereocenters. The zero-order valence-corrected chi connectivity index (χ0v) is 15.2. The Kier molecular flexibility index (Phi) is 5.56. The monoisotopic (exact) mass is 360 g/mol. The molecule has 0 unspecified atom stereocenters. The number of benzene rings is 2. The van der Waals surface area contributed by atoms with Crippen LogP contribution in [-0.4, -0.2) is 21.7 Å². The van der Waals surface area contributed by atoms with Crippen LogP contribution in [0.5, 0.6) is 0 Å². The lowest BCUT2D eigenvalue weighted by Crippen LogP contribution is -2.14. The van der Waals surface area contributed by atoms with Crippen LogP contribution in [0.3, 0.4) is 0 Å². The summed E-state index contributed by atoms with van der Waals surface area (Å²) in [5, 5.41) is 5.99. The third-order valence-electron chi connectivity index (χ3n) is 4.09. The molecule has 3 aromatic rings. The summed E-state index contributed by atoms with van der Waals surface area (Å²) in [4.78, 5) is 32.2. The standard InChI is InChI=1S/C21H20N4O2/c1-3-15-7-4-5-10-18(15)25-20-12-19(22-13-23-20)21(27)24-17-9-6-8-16(11-17)14(2)26/h4-13H,3H2,1-2H3,(H,24,27)(H,22,23,25). The summed E-state index contributed by atoms with van der Waals surface area (Å²) >= 11 is 0. The molecule has 6 nitrogen and oxygen atoms in total. The summed E-state index contributed by atoms with van der Waals surface area (Å²) in [7, 11) is 0. The smallest absolute Gasteiger partial charge is 0.274 e. The predicted octanol–water partition coefficient (Wildman–Crippen LogP) is 4.24. The van der Waals surface area contributed by atoms with Crippen LogP contribution in [0.25, 0.3) is 0 Å². The van der Waals surface area contributed by atoms with Crippen LogP contribution in [0.4, 0.5) is 17.2 Å². The van der Waals surface area contributed by atoms with Crippen molar-refractivity contribution >= 4 is 28.9 Å². The van der Waals surface area contributed by atoms with Crippen LogP contribution in [0.2, 0.25) is 0 Å². The quantitative estimate of drug-likeness (QED) is 0.643. The van der Waals surface area contributed by atoms with Gasteiger partial charge in [0.15, 0.2) is 5.78 Å². The zero-order valence-electron chi connectivity index (χ0n) is 15.2. The number of nitrogens with one attached hydrogen (secondary N) is 2. The molecule has 0 bridgehead atoms. The second kappa shape index (κ2) is 8.23. The van der Waals surface area contributed by atoms with Gasteiger partial charge in [-0.1, -0.05) is 37.3 Å². The summed E-state index contributed by atoms with van der Waals surface area (Å²) in [6, 6.07) is 16.3. The maximum atomic E-state index is 12.5. The first-order valence-electron chi connectivity index (χ1n) is 8.66. The van der Waals surface area contributed by atoms with E-state index in [1.165, 1.54) is 13.3 Å². The maximum Gasteiger partial charge on any atom is 0.274 e. The van der Waals surface area contributed by atoms with E-state index in [0.717, 1.165) is 17.7 Å². The van der Waals surface area contributed by atoms with Crippen molar-refractivity contribution in [3.8, 4) is 0 Å². The molecule has 3 rings (SSSR count). The van der Waals surface area contributed by atoms with Gasteiger partial charge in [0.2, 0.25) is 0 Å². The van der Waals surface area contributed by atoms with Crippen LogP contribution in [0, 0.1) is 0 Å². The summed E-state index contributed by atoms with van der Waals surface area (Å²) in [5.74, 6) is 0.104. The molecule has 0 spiro atoms. The molecule has 27 heavy (non-hydrogen) atoms. The van der Waals surface area contributed by atoms with E-state index in [0.29, 0.717) is 17.1 Å². The molecular weight excluding hydrogens is 340 g/mol. The molecule has 136 valence electrons. The highest BCUT2D eigenvalue weighted by atomic mass is 16.2. The molecule has 1 heterocycles. The first-order chi connectivity index (χ1) is 13.1. The molecule has 6 heteroatoms. The minimum Gasteiger partial charge on any atom is -0.340 e. The molecule has 1 aromatic heterocycles. The fourth-order valence-corrected chi connectivity index (χ4v) is 2.65. The molecule has 0 radical (unpaired) electrons. The lowest BCUT2D eigenvalue weighted by atomic mass is 10.1. The van der Waals surface area contributed by atoms with Gasteiger partial charge in [-0.15, -0.1) is 0 Å². The van der Waals surface area contributed by atoms with Crippen molar-refractivity contribution in [3.05, 3.63) is 77.7 Å². The number of carbonyl (C=O) groups is 2. The minimum atomic E-state index is -0.370. The lowest BCUT2D eigenvalue weighted by Gasteiger charge is -2.11. The van der Waals surface area contributed by atoms with Crippen LogP contribution >= 0.6 is 0 Å². The van der Waals surface area contributed by atoms with Crippen LogP contribution in [-0.2, 0) is 6.42 Å². The molecule has 0 aliphatic rings. The van der Waals surface area contributed by atoms with E-state index >= 15 is 0 Å². The van der Waals surface area contributed by atoms with Crippen LogP contribution in [0.15, 0.2) is 60.9 Å². The van der Waals surface area contributed by atoms with Gasteiger partial charge in [0.25, 0.3) is 5.91 Å². The van der Waals surface area contributed by atoms with Crippen molar-refractivity contribution < 1.29 is 9.59 Å². The molecule has 0 saturated carbocycles. The molecule has 0 fully saturated rings. The number of para-hydroxylation sites is 1. The van der Waals surface area contributed by atoms with Gasteiger partial charge < -0.3 is 10.6 Å². The molecule has 1 amide bonds. The van der Waals surface area contributed by atoms with E-state index in [1.54, 1.807) is 30.3 Å². The fourth-order valence-electron chi connectivity index (χ4n) is 2.65. The average Bonchev–Trinajstić information content (AvgIpc) is 2.69. The van der Waals surface area contributed by atoms with Gasteiger partial charge in [-0.3, -0.25) is 9.59 Å². The van der Waals surface area contributed by atoms with Crippen molar-refractivity contribution in [2.75, 3.05) is 10.6 Å². The second-order valence-corrected chi connectivity index (χ2v) is 6.02. The van der Waals surface area contributed by atoms with E-state index in [4.69, 9.17) is 0 Å². The van der Waals surface area contributed by atoms with Gasteiger partial charge in [-0.25, -0.2) is 9.97 Å². The molecule has 0 saturated heterocycles. The Bertz CT molecular complexity index is 985. The second-order valence-electron chi connectivity index (χ2n) is 6.02. The normalized spacial score (nSPS) is 10.3. The predicted molar refractivity (Wildman–Crippen MR) is 106 cm³/mol. The van der Waals surface area contributed by atoms with Crippen molar-refractivity contribution in [3.63, 3.8) is 0 Å². The topological polar surface area (TPSA) is 84.0 Å². The highest BCUT2D eigenvalue weighted by Gasteiger charge is 2.11. The molecular formula is C21H20N4O2. The summed E-state index contributed by atoms with van der Waals surface area (Å²) in [6.45, 7) is 3.56. The van der Waals surface area contributed by atoms with Crippen molar-refractivity contribution in [2.45, 2.75) is 20.3 Å². The van der Waals surface area contributed by atoms with Gasteiger partial charge >= 0.3 is 0 Å². The Balaban J connectivity index is 1.78. The number of amides is 1. The third-order valence-corrected chi connectivity index (χ3v) is 4.09. The SMILES string of the molecule is CCc1ccccc1Nc1cc(C(=O)Nc2cccc(C(C)=O)c2)ncn1. The van der Waals surface area contributed by atoms with Gasteiger partial charge in [0.05, 0.1) is 0 Å². The Morgan fingerprint density at radius 2 is 1.81 bits per heavy atom. The van der Waals surface area contributed by atoms with Gasteiger partial charge in [-0.05, 0) is 37.1 Å². The summed E-state index contributed by atoms with van der Waals surface area (Å²) in [5.41, 5.74) is 3.41. The van der Waals surface area contributed by atoms with Gasteiger partial charge in [0, 0.05) is 23.0 Å². The Morgan fingerprint density at radius 3 is 2.59 bits per heavy atom. The highest BCUT2D eigenvalue weighted by Crippen LogP contribution is 2.20. The minimum absolute atomic E-state index is 0.0609. The number of aryl methyl sites for hydroxylation is 1. The fraction of sp³-hybridized carbons (Fsp3) is 0.143. The number of carbonyl (C=O) groups excluding carboxylic acids is 2. The number of Topliss-reactive ketones (excluding diaryl/α,β-unsaturated/α-hetero) is 1. The molecule has 2 N–H and O–H groups in total. The van der Waals surface area contributed by atoms with E-state index in [9.17, 15) is 9.59 Å². The molecule has 2 aromatic carbocycles. The number of aromatic nitrogens is 2. The largest absolute Gasteiger partial charge is 0.340 e. The van der Waals surface area contributed by atoms with E-state index in [1.807, 2.05) is 24.3 Å². The highest BCUT2D eigenvalue weighted by molar-refractivity contribution is 6.04. The first kappa shape index (κ1) is 18.3. The number of hydrogen-bond acceptors (Lipinski definition) is 5. The summed E-state index contributed by atoms with van der Waals surface area (Å²) in [6.07, 6.45) is 2.23. The summed E-state index contributed by atoms with van der Waals surface area (Å²) < 4.78 is 0. The molecule has 0 aliphatic heterocycles. The van der Waals surface area contributed by atoms with Crippen molar-refractivity contribution in [2.24, 2.45) is 0 Å². The van der Waals surface area contributed by atoms with Gasteiger partial charge in [0.1, 0.15) is 17.8 Å². The van der Waals surface area contributed by atoms with Crippen LogP contribution < -0.4 is 10.6 Å². The maximum absolute atomic E-state index is 12.5. The Morgan fingerprint density at radius 1 is 1.00 bits per heavy atom. The Labute approximate surface area is 157 Å². The van der Waals surface area contributed by atoms with Crippen LogP contribution in [0.1, 0.15) is 40.3 Å². The number of hydrogen-bond donors (Lipinski definition) is 2. The first-order valence-corrected chi connectivity index (χ1v) is 8.66. The van der Waals surface area contributed by atoms with E-state index in [-0.39, 0.29) is 17.4 Å². The number of anilines is 3. The number of rotatable bonds is 6. The lowest BCUT2D eigenvalue weighted by molar-refractivity contribution is 0.100. The van der Waals surface area contributed by atoms with E-state index < -0.39 is 0 Å². The molecule has 0 aliphatic carbocycles. The van der Waals surface area contributed by atoms with E-state index in [2.05, 4.69) is 27.5 Å². The Hall–Kier alpha value is -3.54. The zero-order chi connectivity index (χ0) is 19.2. The third kappa shape index (κ3) is 4.55. The average molecular weight is 360 g/mol. The van der Waals surface area contributed by atoms with Crippen molar-refractivity contribution in [1.29, 1.82) is 0 Å².